The Labute approximate surface area is 125 Å². The Kier molecular flexibility index (Phi) is 5.70. The lowest BCUT2D eigenvalue weighted by atomic mass is 10.1. The molecule has 0 aromatic carbocycles. The van der Waals surface area contributed by atoms with E-state index >= 15 is 0 Å². The molecule has 1 aromatic rings. The molecule has 1 aliphatic rings. The van der Waals surface area contributed by atoms with Crippen molar-refractivity contribution in [3.8, 4) is 0 Å². The van der Waals surface area contributed by atoms with Crippen molar-refractivity contribution in [1.29, 1.82) is 0 Å². The lowest BCUT2D eigenvalue weighted by molar-refractivity contribution is 0.628. The quantitative estimate of drug-likeness (QED) is 0.797. The van der Waals surface area contributed by atoms with E-state index in [9.17, 15) is 0 Å². The van der Waals surface area contributed by atoms with Gasteiger partial charge in [0.25, 0.3) is 0 Å². The summed E-state index contributed by atoms with van der Waals surface area (Å²) in [5.41, 5.74) is 0. The van der Waals surface area contributed by atoms with Gasteiger partial charge in [-0.25, -0.2) is 0 Å². The van der Waals surface area contributed by atoms with E-state index < -0.39 is 0 Å². The first-order valence-electron chi connectivity index (χ1n) is 7.27. The maximum atomic E-state index is 4.53. The summed E-state index contributed by atoms with van der Waals surface area (Å²) < 4.78 is 0. The average molecular weight is 296 g/mol. The molecule has 112 valence electrons. The molecule has 1 saturated heterocycles. The van der Waals surface area contributed by atoms with Gasteiger partial charge in [0.05, 0.1) is 0 Å². The summed E-state index contributed by atoms with van der Waals surface area (Å²) in [6.07, 6.45) is 1.28. The minimum Gasteiger partial charge on any atom is -0.357 e. The molecule has 6 nitrogen and oxygen atoms in total. The lowest BCUT2D eigenvalue weighted by Crippen LogP contribution is -2.25. The number of nitrogens with one attached hydrogen (secondary N) is 2. The molecule has 7 heteroatoms. The number of thioether (sulfide) groups is 1. The number of aromatic nitrogens is 3. The zero-order valence-electron chi connectivity index (χ0n) is 12.5. The summed E-state index contributed by atoms with van der Waals surface area (Å²) in [5.74, 6) is 5.26. The molecule has 2 heterocycles. The SMILES string of the molecule is CCN(CC)c1nc(NC)nc(NCC2CCSC2)n1. The minimum absolute atomic E-state index is 0.616. The van der Waals surface area contributed by atoms with Gasteiger partial charge in [-0.3, -0.25) is 0 Å². The van der Waals surface area contributed by atoms with Crippen LogP contribution in [0.25, 0.3) is 0 Å². The molecular weight excluding hydrogens is 272 g/mol. The zero-order valence-corrected chi connectivity index (χ0v) is 13.3. The smallest absolute Gasteiger partial charge is 0.231 e. The fourth-order valence-corrected chi connectivity index (χ4v) is 3.47. The standard InChI is InChI=1S/C13H24N6S/c1-4-19(5-2)13-17-11(14-3)16-12(18-13)15-8-10-6-7-20-9-10/h10H,4-9H2,1-3H3,(H2,14,15,16,17,18). The molecule has 2 rings (SSSR count). The van der Waals surface area contributed by atoms with Crippen LogP contribution >= 0.6 is 11.8 Å². The Morgan fingerprint density at radius 1 is 1.20 bits per heavy atom. The van der Waals surface area contributed by atoms with Crippen LogP contribution in [0.4, 0.5) is 17.8 Å². The van der Waals surface area contributed by atoms with Gasteiger partial charge in [0.1, 0.15) is 0 Å². The molecule has 2 N–H and O–H groups in total. The third-order valence-electron chi connectivity index (χ3n) is 3.47. The Balaban J connectivity index is 2.08. The number of hydrogen-bond donors (Lipinski definition) is 2. The predicted octanol–water partition coefficient (Wildman–Crippen LogP) is 1.92. The normalized spacial score (nSPS) is 18.1. The third kappa shape index (κ3) is 3.88. The van der Waals surface area contributed by atoms with Crippen LogP contribution in [0.2, 0.25) is 0 Å². The summed E-state index contributed by atoms with van der Waals surface area (Å²) in [6.45, 7) is 6.94. The van der Waals surface area contributed by atoms with Gasteiger partial charge in [-0.1, -0.05) is 0 Å². The van der Waals surface area contributed by atoms with E-state index in [1.54, 1.807) is 0 Å². The molecule has 0 amide bonds. The van der Waals surface area contributed by atoms with Gasteiger partial charge < -0.3 is 15.5 Å². The minimum atomic E-state index is 0.616. The Bertz CT molecular complexity index is 417. The summed E-state index contributed by atoms with van der Waals surface area (Å²) in [7, 11) is 1.83. The molecule has 0 spiro atoms. The maximum Gasteiger partial charge on any atom is 0.231 e. The van der Waals surface area contributed by atoms with Crippen LogP contribution in [0.1, 0.15) is 20.3 Å². The van der Waals surface area contributed by atoms with Crippen LogP contribution in [0.5, 0.6) is 0 Å². The second kappa shape index (κ2) is 7.52. The van der Waals surface area contributed by atoms with E-state index in [1.807, 2.05) is 18.8 Å². The zero-order chi connectivity index (χ0) is 14.4. The van der Waals surface area contributed by atoms with Crippen molar-refractivity contribution in [3.05, 3.63) is 0 Å². The van der Waals surface area contributed by atoms with Gasteiger partial charge in [0.2, 0.25) is 17.8 Å². The first-order chi connectivity index (χ1) is 9.76. The second-order valence-electron chi connectivity index (χ2n) is 4.82. The molecule has 20 heavy (non-hydrogen) atoms. The van der Waals surface area contributed by atoms with E-state index in [0.717, 1.165) is 31.5 Å². The van der Waals surface area contributed by atoms with Gasteiger partial charge in [-0.15, -0.1) is 0 Å². The molecule has 0 aliphatic carbocycles. The Morgan fingerprint density at radius 3 is 2.55 bits per heavy atom. The van der Waals surface area contributed by atoms with Crippen molar-refractivity contribution in [2.75, 3.05) is 53.7 Å². The molecule has 0 saturated carbocycles. The third-order valence-corrected chi connectivity index (χ3v) is 4.70. The molecule has 1 atom stereocenters. The predicted molar refractivity (Wildman–Crippen MR) is 86.9 cm³/mol. The first kappa shape index (κ1) is 15.2. The first-order valence-corrected chi connectivity index (χ1v) is 8.42. The van der Waals surface area contributed by atoms with E-state index in [-0.39, 0.29) is 0 Å². The summed E-state index contributed by atoms with van der Waals surface area (Å²) in [4.78, 5) is 15.5. The summed E-state index contributed by atoms with van der Waals surface area (Å²) >= 11 is 2.03. The van der Waals surface area contributed by atoms with Crippen LogP contribution in [0, 0.1) is 5.92 Å². The van der Waals surface area contributed by atoms with E-state index in [1.165, 1.54) is 17.9 Å². The molecular formula is C13H24N6S. The van der Waals surface area contributed by atoms with E-state index in [4.69, 9.17) is 0 Å². The fraction of sp³-hybridized carbons (Fsp3) is 0.769. The number of nitrogens with zero attached hydrogens (tertiary/aromatic N) is 4. The Hall–Kier alpha value is -1.24. The fourth-order valence-electron chi connectivity index (χ4n) is 2.18. The molecule has 1 unspecified atom stereocenters. The highest BCUT2D eigenvalue weighted by molar-refractivity contribution is 7.99. The van der Waals surface area contributed by atoms with Crippen LogP contribution < -0.4 is 15.5 Å². The maximum absolute atomic E-state index is 4.53. The highest BCUT2D eigenvalue weighted by atomic mass is 32.2. The number of anilines is 3. The highest BCUT2D eigenvalue weighted by Gasteiger charge is 2.16. The molecule has 0 radical (unpaired) electrons. The highest BCUT2D eigenvalue weighted by Crippen LogP contribution is 2.23. The van der Waals surface area contributed by atoms with Crippen LogP contribution in [0.3, 0.4) is 0 Å². The van der Waals surface area contributed by atoms with Gasteiger partial charge in [-0.05, 0) is 37.7 Å². The van der Waals surface area contributed by atoms with Crippen LogP contribution in [-0.4, -0.2) is 53.1 Å². The Morgan fingerprint density at radius 2 is 1.95 bits per heavy atom. The van der Waals surface area contributed by atoms with Crippen molar-refractivity contribution in [1.82, 2.24) is 15.0 Å². The van der Waals surface area contributed by atoms with Crippen molar-refractivity contribution in [2.24, 2.45) is 5.92 Å². The van der Waals surface area contributed by atoms with Crippen molar-refractivity contribution in [2.45, 2.75) is 20.3 Å². The average Bonchev–Trinajstić information content (AvgIpc) is 2.99. The molecule has 0 bridgehead atoms. The largest absolute Gasteiger partial charge is 0.357 e. The summed E-state index contributed by atoms with van der Waals surface area (Å²) in [5, 5.41) is 6.37. The van der Waals surface area contributed by atoms with Gasteiger partial charge in [0, 0.05) is 26.7 Å². The van der Waals surface area contributed by atoms with Gasteiger partial charge in [-0.2, -0.15) is 26.7 Å². The molecule has 1 aliphatic heterocycles. The monoisotopic (exact) mass is 296 g/mol. The second-order valence-corrected chi connectivity index (χ2v) is 5.97. The van der Waals surface area contributed by atoms with Crippen LogP contribution in [-0.2, 0) is 0 Å². The lowest BCUT2D eigenvalue weighted by Gasteiger charge is -2.19. The van der Waals surface area contributed by atoms with Crippen molar-refractivity contribution >= 4 is 29.6 Å². The topological polar surface area (TPSA) is 66.0 Å². The molecule has 1 fully saturated rings. The van der Waals surface area contributed by atoms with E-state index in [0.29, 0.717) is 11.9 Å². The van der Waals surface area contributed by atoms with Crippen LogP contribution in [0.15, 0.2) is 0 Å². The molecule has 1 aromatic heterocycles. The van der Waals surface area contributed by atoms with Gasteiger partial charge in [0.15, 0.2) is 0 Å². The van der Waals surface area contributed by atoms with Gasteiger partial charge >= 0.3 is 0 Å². The summed E-state index contributed by atoms with van der Waals surface area (Å²) in [6, 6.07) is 0. The van der Waals surface area contributed by atoms with Crippen molar-refractivity contribution < 1.29 is 0 Å². The van der Waals surface area contributed by atoms with Crippen molar-refractivity contribution in [3.63, 3.8) is 0 Å². The number of hydrogen-bond acceptors (Lipinski definition) is 7. The number of rotatable bonds is 7. The van der Waals surface area contributed by atoms with E-state index in [2.05, 4.69) is 44.3 Å².